The second kappa shape index (κ2) is 4.82. The number of nitrogens with zero attached hydrogens (tertiary/aromatic N) is 3. The highest BCUT2D eigenvalue weighted by Gasteiger charge is 2.38. The zero-order valence-electron chi connectivity index (χ0n) is 13.7. The van der Waals surface area contributed by atoms with Crippen LogP contribution in [0.3, 0.4) is 0 Å². The summed E-state index contributed by atoms with van der Waals surface area (Å²) < 4.78 is 2.64. The number of likely N-dealkylation sites (tertiary alicyclic amines) is 1. The van der Waals surface area contributed by atoms with Crippen molar-refractivity contribution in [3.63, 3.8) is 0 Å². The van der Waals surface area contributed by atoms with E-state index in [9.17, 15) is 0 Å². The highest BCUT2D eigenvalue weighted by molar-refractivity contribution is 5.25. The molecule has 1 atom stereocenters. The first-order valence-electron chi connectivity index (χ1n) is 8.59. The van der Waals surface area contributed by atoms with Gasteiger partial charge in [-0.3, -0.25) is 4.90 Å². The maximum Gasteiger partial charge on any atom is 0.114 e. The van der Waals surface area contributed by atoms with Gasteiger partial charge in [0.2, 0.25) is 0 Å². The first kappa shape index (κ1) is 13.8. The molecular weight excluding hydrogens is 260 g/mol. The highest BCUT2D eigenvalue weighted by atomic mass is 15.3. The molecule has 1 unspecified atom stereocenters. The third-order valence-electron chi connectivity index (χ3n) is 5.22. The molecule has 0 spiro atoms. The van der Waals surface area contributed by atoms with Gasteiger partial charge in [0.1, 0.15) is 5.82 Å². The zero-order valence-corrected chi connectivity index (χ0v) is 13.7. The van der Waals surface area contributed by atoms with Crippen LogP contribution in [0.25, 0.3) is 0 Å². The monoisotopic (exact) mass is 288 g/mol. The smallest absolute Gasteiger partial charge is 0.114 e. The fourth-order valence-electron chi connectivity index (χ4n) is 4.01. The topological polar surface area (TPSA) is 33.1 Å². The molecule has 21 heavy (non-hydrogen) atoms. The van der Waals surface area contributed by atoms with E-state index in [1.54, 1.807) is 0 Å². The number of nitrogens with one attached hydrogen (secondary N) is 1. The van der Waals surface area contributed by atoms with Crippen molar-refractivity contribution in [1.82, 2.24) is 19.8 Å². The molecular formula is C17H28N4. The van der Waals surface area contributed by atoms with E-state index in [-0.39, 0.29) is 5.41 Å². The Morgan fingerprint density at radius 2 is 1.95 bits per heavy atom. The predicted molar refractivity (Wildman–Crippen MR) is 84.6 cm³/mol. The maximum absolute atomic E-state index is 5.03. The molecule has 116 valence electrons. The van der Waals surface area contributed by atoms with Crippen molar-refractivity contribution in [1.29, 1.82) is 0 Å². The molecule has 0 aromatic carbocycles. The molecule has 3 aliphatic rings. The molecule has 1 N–H and O–H groups in total. The molecule has 1 saturated heterocycles. The van der Waals surface area contributed by atoms with Gasteiger partial charge in [0, 0.05) is 55.8 Å². The summed E-state index contributed by atoms with van der Waals surface area (Å²) in [7, 11) is 0. The van der Waals surface area contributed by atoms with Crippen LogP contribution in [0.2, 0.25) is 0 Å². The van der Waals surface area contributed by atoms with Crippen molar-refractivity contribution in [2.75, 3.05) is 19.6 Å². The second-order valence-corrected chi connectivity index (χ2v) is 8.04. The van der Waals surface area contributed by atoms with Gasteiger partial charge < -0.3 is 9.88 Å². The van der Waals surface area contributed by atoms with Gasteiger partial charge in [0.05, 0.1) is 5.69 Å². The number of fused-ring (bicyclic) bond motifs is 1. The quantitative estimate of drug-likeness (QED) is 0.906. The van der Waals surface area contributed by atoms with Crippen molar-refractivity contribution in [2.45, 2.75) is 70.5 Å². The summed E-state index contributed by atoms with van der Waals surface area (Å²) in [6, 6.07) is 1.54. The third kappa shape index (κ3) is 2.42. The standard InChI is InChI=1S/C17H28N4/c1-17(2,3)16-19-14-10-18-8-6-15(14)21(16)13-7-9-20(11-13)12-4-5-12/h12-13,18H,4-11H2,1-3H3. The van der Waals surface area contributed by atoms with Crippen LogP contribution in [0.1, 0.15) is 63.3 Å². The average molecular weight is 288 g/mol. The van der Waals surface area contributed by atoms with E-state index in [1.807, 2.05) is 0 Å². The molecule has 0 bridgehead atoms. The fourth-order valence-corrected chi connectivity index (χ4v) is 4.01. The molecule has 1 saturated carbocycles. The van der Waals surface area contributed by atoms with Gasteiger partial charge in [-0.25, -0.2) is 4.98 Å². The fraction of sp³-hybridized carbons (Fsp3) is 0.824. The molecule has 1 aromatic rings. The molecule has 4 rings (SSSR count). The number of imidazole rings is 1. The van der Waals surface area contributed by atoms with Gasteiger partial charge in [0.15, 0.2) is 0 Å². The van der Waals surface area contributed by atoms with Crippen LogP contribution in [0.15, 0.2) is 0 Å². The van der Waals surface area contributed by atoms with Crippen LogP contribution < -0.4 is 5.32 Å². The lowest BCUT2D eigenvalue weighted by Gasteiger charge is -2.26. The Labute approximate surface area is 127 Å². The zero-order chi connectivity index (χ0) is 14.6. The normalized spacial score (nSPS) is 27.1. The molecule has 3 heterocycles. The Morgan fingerprint density at radius 1 is 1.14 bits per heavy atom. The summed E-state index contributed by atoms with van der Waals surface area (Å²) in [6.45, 7) is 11.5. The molecule has 0 amide bonds. The van der Waals surface area contributed by atoms with Crippen LogP contribution in [-0.2, 0) is 18.4 Å². The van der Waals surface area contributed by atoms with E-state index < -0.39 is 0 Å². The second-order valence-electron chi connectivity index (χ2n) is 8.04. The molecule has 1 aromatic heterocycles. The lowest BCUT2D eigenvalue weighted by molar-refractivity contribution is 0.308. The Morgan fingerprint density at radius 3 is 2.67 bits per heavy atom. The number of hydrogen-bond acceptors (Lipinski definition) is 3. The maximum atomic E-state index is 5.03. The lowest BCUT2D eigenvalue weighted by atomic mass is 9.95. The Hall–Kier alpha value is -0.870. The van der Waals surface area contributed by atoms with Gasteiger partial charge in [-0.05, 0) is 19.3 Å². The molecule has 1 aliphatic carbocycles. The van der Waals surface area contributed by atoms with Crippen molar-refractivity contribution < 1.29 is 0 Å². The van der Waals surface area contributed by atoms with Crippen LogP contribution in [0.5, 0.6) is 0 Å². The van der Waals surface area contributed by atoms with Crippen molar-refractivity contribution in [2.24, 2.45) is 0 Å². The largest absolute Gasteiger partial charge is 0.327 e. The summed E-state index contributed by atoms with van der Waals surface area (Å²) in [6.07, 6.45) is 5.28. The van der Waals surface area contributed by atoms with Crippen molar-refractivity contribution in [3.05, 3.63) is 17.2 Å². The number of rotatable bonds is 2. The highest BCUT2D eigenvalue weighted by Crippen LogP contribution is 2.37. The predicted octanol–water partition coefficient (Wildman–Crippen LogP) is 2.24. The molecule has 4 heteroatoms. The minimum absolute atomic E-state index is 0.129. The van der Waals surface area contributed by atoms with E-state index in [2.05, 4.69) is 35.6 Å². The molecule has 2 aliphatic heterocycles. The van der Waals surface area contributed by atoms with Gasteiger partial charge >= 0.3 is 0 Å². The van der Waals surface area contributed by atoms with Crippen LogP contribution in [0.4, 0.5) is 0 Å². The van der Waals surface area contributed by atoms with Crippen molar-refractivity contribution in [3.8, 4) is 0 Å². The Bertz CT molecular complexity index is 536. The minimum Gasteiger partial charge on any atom is -0.327 e. The van der Waals surface area contributed by atoms with E-state index in [0.717, 1.165) is 25.6 Å². The Kier molecular flexibility index (Phi) is 3.16. The van der Waals surface area contributed by atoms with Crippen molar-refractivity contribution >= 4 is 0 Å². The summed E-state index contributed by atoms with van der Waals surface area (Å²) in [5.74, 6) is 1.30. The van der Waals surface area contributed by atoms with E-state index >= 15 is 0 Å². The molecule has 2 fully saturated rings. The SMILES string of the molecule is CC(C)(C)c1nc2c(n1C1CCN(C3CC3)C1)CCNC2. The third-order valence-corrected chi connectivity index (χ3v) is 5.22. The summed E-state index contributed by atoms with van der Waals surface area (Å²) in [5.41, 5.74) is 2.95. The van der Waals surface area contributed by atoms with E-state index in [1.165, 1.54) is 49.6 Å². The van der Waals surface area contributed by atoms with Gasteiger partial charge in [-0.2, -0.15) is 0 Å². The molecule has 4 nitrogen and oxygen atoms in total. The summed E-state index contributed by atoms with van der Waals surface area (Å²) in [4.78, 5) is 7.75. The van der Waals surface area contributed by atoms with Gasteiger partial charge in [-0.15, -0.1) is 0 Å². The van der Waals surface area contributed by atoms with Gasteiger partial charge in [-0.1, -0.05) is 20.8 Å². The number of aromatic nitrogens is 2. The van der Waals surface area contributed by atoms with E-state index in [4.69, 9.17) is 4.98 Å². The summed E-state index contributed by atoms with van der Waals surface area (Å²) >= 11 is 0. The molecule has 0 radical (unpaired) electrons. The lowest BCUT2D eigenvalue weighted by Crippen LogP contribution is -2.29. The minimum atomic E-state index is 0.129. The van der Waals surface area contributed by atoms with Gasteiger partial charge in [0.25, 0.3) is 0 Å². The summed E-state index contributed by atoms with van der Waals surface area (Å²) in [5, 5.41) is 3.47. The van der Waals surface area contributed by atoms with Crippen LogP contribution in [-0.4, -0.2) is 40.1 Å². The first-order chi connectivity index (χ1) is 10.0. The first-order valence-corrected chi connectivity index (χ1v) is 8.59. The van der Waals surface area contributed by atoms with Crippen LogP contribution in [0, 0.1) is 0 Å². The van der Waals surface area contributed by atoms with Crippen LogP contribution >= 0.6 is 0 Å². The Balaban J connectivity index is 1.70. The average Bonchev–Trinajstić information content (AvgIpc) is 3.03. The van der Waals surface area contributed by atoms with E-state index in [0.29, 0.717) is 6.04 Å². The number of hydrogen-bond donors (Lipinski definition) is 1.